The van der Waals surface area contributed by atoms with E-state index in [-0.39, 0.29) is 65.4 Å². The Bertz CT molecular complexity index is 2730. The summed E-state index contributed by atoms with van der Waals surface area (Å²) in [5, 5.41) is 9.64. The Morgan fingerprint density at radius 1 is 0.736 bits per heavy atom. The van der Waals surface area contributed by atoms with Gasteiger partial charge in [0.1, 0.15) is 11.3 Å². The first-order valence-corrected chi connectivity index (χ1v) is 27.5. The van der Waals surface area contributed by atoms with Crippen molar-refractivity contribution in [3.05, 3.63) is 60.0 Å². The Morgan fingerprint density at radius 2 is 1.43 bits per heavy atom. The van der Waals surface area contributed by atoms with Gasteiger partial charge in [0.25, 0.3) is 0 Å². The largest absolute Gasteiger partial charge is 0.367 e. The van der Waals surface area contributed by atoms with Gasteiger partial charge in [-0.05, 0) is 153 Å². The quantitative estimate of drug-likeness (QED) is 0.129. The third-order valence-corrected chi connectivity index (χ3v) is 18.0. The summed E-state index contributed by atoms with van der Waals surface area (Å²) in [4.78, 5) is 90.8. The van der Waals surface area contributed by atoms with Crippen molar-refractivity contribution in [3.8, 4) is 11.3 Å². The van der Waals surface area contributed by atoms with Crippen LogP contribution in [0, 0.1) is 11.8 Å². The lowest BCUT2D eigenvalue weighted by Gasteiger charge is -2.48. The van der Waals surface area contributed by atoms with Crippen LogP contribution >= 0.6 is 0 Å². The van der Waals surface area contributed by atoms with Crippen LogP contribution in [0.2, 0.25) is 0 Å². The van der Waals surface area contributed by atoms with Gasteiger partial charge in [0.2, 0.25) is 29.5 Å². The molecule has 1 aromatic carbocycles. The summed E-state index contributed by atoms with van der Waals surface area (Å²) in [7, 11) is 0. The zero-order chi connectivity index (χ0) is 49.3. The molecule has 3 aromatic heterocycles. The van der Waals surface area contributed by atoms with Crippen LogP contribution in [0.3, 0.4) is 0 Å². The van der Waals surface area contributed by atoms with E-state index in [2.05, 4.69) is 73.4 Å². The number of pyridine rings is 2. The highest BCUT2D eigenvalue weighted by atomic mass is 16.2. The number of benzene rings is 1. The van der Waals surface area contributed by atoms with Crippen LogP contribution in [-0.2, 0) is 29.4 Å². The summed E-state index contributed by atoms with van der Waals surface area (Å²) in [5.41, 5.74) is 6.06. The molecule has 72 heavy (non-hydrogen) atoms. The van der Waals surface area contributed by atoms with E-state index in [0.717, 1.165) is 115 Å². The molecule has 5 aliphatic heterocycles. The van der Waals surface area contributed by atoms with Crippen molar-refractivity contribution in [3.63, 3.8) is 0 Å². The van der Waals surface area contributed by atoms with E-state index in [1.165, 1.54) is 19.3 Å². The Labute approximate surface area is 422 Å². The van der Waals surface area contributed by atoms with Crippen molar-refractivity contribution in [1.29, 1.82) is 0 Å². The SMILES string of the molecule is CC(C)n1cnc2cc(-c3ccc4c(c3)N([C@H]3C[C@@H](N5CCCCC5)C3)C(=O)C43CCN(C(=O)[C@H]4CC[C@@H](C(=O)N5CCC(Nc6ccc(C7CCC(=O)NC7=O)cn6)CC5)CC4)CC3)nc(NC3CC3)c21. The summed E-state index contributed by atoms with van der Waals surface area (Å²) in [6.07, 6.45) is 18.3. The lowest BCUT2D eigenvalue weighted by molar-refractivity contribution is -0.143. The second-order valence-corrected chi connectivity index (χ2v) is 22.9. The van der Waals surface area contributed by atoms with Crippen LogP contribution < -0.4 is 20.9 Å². The Hall–Kier alpha value is -5.90. The van der Waals surface area contributed by atoms with E-state index in [9.17, 15) is 19.2 Å². The minimum absolute atomic E-state index is 0.0651. The van der Waals surface area contributed by atoms with Crippen LogP contribution in [-0.4, -0.2) is 127 Å². The van der Waals surface area contributed by atoms with Gasteiger partial charge in [0.15, 0.2) is 5.82 Å². The maximum atomic E-state index is 15.2. The minimum atomic E-state index is -0.668. The van der Waals surface area contributed by atoms with Gasteiger partial charge in [-0.15, -0.1) is 0 Å². The molecule has 4 aromatic rings. The highest BCUT2D eigenvalue weighted by molar-refractivity contribution is 6.09. The Morgan fingerprint density at radius 3 is 2.08 bits per heavy atom. The highest BCUT2D eigenvalue weighted by Crippen LogP contribution is 2.52. The van der Waals surface area contributed by atoms with Crippen molar-refractivity contribution in [1.82, 2.24) is 39.5 Å². The van der Waals surface area contributed by atoms with Gasteiger partial charge >= 0.3 is 0 Å². The van der Waals surface area contributed by atoms with Crippen molar-refractivity contribution in [2.45, 2.75) is 165 Å². The molecule has 7 fully saturated rings. The number of likely N-dealkylation sites (tertiary alicyclic amines) is 3. The first kappa shape index (κ1) is 47.1. The third kappa shape index (κ3) is 8.82. The molecule has 3 saturated carbocycles. The maximum absolute atomic E-state index is 15.2. The number of aromatic nitrogens is 4. The normalized spacial score (nSPS) is 27.0. The number of carbonyl (C=O) groups is 5. The second-order valence-electron chi connectivity index (χ2n) is 22.9. The molecule has 8 heterocycles. The maximum Gasteiger partial charge on any atom is 0.238 e. The van der Waals surface area contributed by atoms with Crippen molar-refractivity contribution in [2.75, 3.05) is 54.8 Å². The van der Waals surface area contributed by atoms with Crippen molar-refractivity contribution < 1.29 is 24.0 Å². The van der Waals surface area contributed by atoms with E-state index in [4.69, 9.17) is 9.97 Å². The fourth-order valence-corrected chi connectivity index (χ4v) is 13.4. The highest BCUT2D eigenvalue weighted by Gasteiger charge is 2.56. The topological polar surface area (TPSA) is 178 Å². The average Bonchev–Trinajstić information content (AvgIpc) is 4.05. The summed E-state index contributed by atoms with van der Waals surface area (Å²) in [5.74, 6) is 1.18. The smallest absolute Gasteiger partial charge is 0.238 e. The molecule has 1 spiro atoms. The number of amides is 5. The van der Waals surface area contributed by atoms with Gasteiger partial charge in [0, 0.05) is 92.1 Å². The molecule has 1 atom stereocenters. The van der Waals surface area contributed by atoms with Crippen molar-refractivity contribution >= 4 is 57.9 Å². The van der Waals surface area contributed by atoms with E-state index < -0.39 is 5.41 Å². The number of carbonyl (C=O) groups excluding carboxylic acids is 5. The molecule has 5 amide bonds. The number of piperidine rings is 4. The molecular weight excluding hydrogens is 907 g/mol. The molecule has 3 aliphatic carbocycles. The molecule has 380 valence electrons. The second kappa shape index (κ2) is 19.2. The number of anilines is 3. The molecule has 16 heteroatoms. The number of nitrogens with zero attached hydrogens (tertiary/aromatic N) is 8. The van der Waals surface area contributed by atoms with Crippen LogP contribution in [0.5, 0.6) is 0 Å². The zero-order valence-electron chi connectivity index (χ0n) is 42.1. The first-order valence-electron chi connectivity index (χ1n) is 27.5. The van der Waals surface area contributed by atoms with E-state index in [1.807, 2.05) is 28.3 Å². The van der Waals surface area contributed by atoms with E-state index >= 15 is 4.79 Å². The number of imide groups is 1. The molecule has 12 rings (SSSR count). The predicted molar refractivity (Wildman–Crippen MR) is 275 cm³/mol. The summed E-state index contributed by atoms with van der Waals surface area (Å²) in [6, 6.07) is 14.0. The Kier molecular flexibility index (Phi) is 12.6. The fourth-order valence-electron chi connectivity index (χ4n) is 13.4. The summed E-state index contributed by atoms with van der Waals surface area (Å²) in [6.45, 7) is 9.11. The molecule has 0 bridgehead atoms. The average molecular weight is 978 g/mol. The van der Waals surface area contributed by atoms with Gasteiger partial charge in [0.05, 0.1) is 28.9 Å². The lowest BCUT2D eigenvalue weighted by Crippen LogP contribution is -2.58. The molecular formula is C56H71N11O5. The van der Waals surface area contributed by atoms with Crippen molar-refractivity contribution in [2.24, 2.45) is 11.8 Å². The molecule has 3 N–H and O–H groups in total. The minimum Gasteiger partial charge on any atom is -0.367 e. The molecule has 16 nitrogen and oxygen atoms in total. The molecule has 1 unspecified atom stereocenters. The van der Waals surface area contributed by atoms with Crippen LogP contribution in [0.15, 0.2) is 48.9 Å². The number of nitrogens with one attached hydrogen (secondary N) is 3. The summed E-state index contributed by atoms with van der Waals surface area (Å²) < 4.78 is 2.20. The molecule has 0 radical (unpaired) electrons. The monoisotopic (exact) mass is 978 g/mol. The standard InChI is InChI=1S/C56H71N11O5/c1-34(2)66-33-58-46-31-45(61-51(50(46)66)60-39-12-13-39)37-10-15-44-47(28-37)67(42-29-41(30-42)63-22-4-3-5-23-63)55(72)56(44)20-26-65(27-21-56)54(71)36-8-6-35(7-9-36)53(70)64-24-18-40(19-25-64)59-48-16-11-38(32-57-48)43-14-17-49(68)62-52(43)69/h10-11,15-16,28,31-36,39-43H,3-9,12-14,17-27,29-30H2,1-2H3,(H,57,59)(H,60,61)(H,62,68,69)/t35-,36+,41-,42+,43?. The molecule has 8 aliphatic rings. The van der Waals surface area contributed by atoms with Crippen LogP contribution in [0.25, 0.3) is 22.3 Å². The number of hydrogen-bond acceptors (Lipinski definition) is 11. The van der Waals surface area contributed by atoms with Gasteiger partial charge in [-0.1, -0.05) is 24.6 Å². The molecule has 4 saturated heterocycles. The van der Waals surface area contributed by atoms with Gasteiger partial charge in [-0.25, -0.2) is 15.0 Å². The zero-order valence-corrected chi connectivity index (χ0v) is 42.1. The third-order valence-electron chi connectivity index (χ3n) is 18.0. The first-order chi connectivity index (χ1) is 35.0. The van der Waals surface area contributed by atoms with E-state index in [0.29, 0.717) is 76.8 Å². The summed E-state index contributed by atoms with van der Waals surface area (Å²) >= 11 is 0. The van der Waals surface area contributed by atoms with Gasteiger partial charge in [-0.3, -0.25) is 29.3 Å². The van der Waals surface area contributed by atoms with Crippen LogP contribution in [0.1, 0.15) is 146 Å². The number of fused-ring (bicyclic) bond motifs is 3. The Balaban J connectivity index is 0.681. The van der Waals surface area contributed by atoms with Crippen LogP contribution in [0.4, 0.5) is 17.3 Å². The number of hydrogen-bond donors (Lipinski definition) is 3. The fraction of sp³-hybridized carbons (Fsp3) is 0.607. The number of rotatable bonds is 11. The lowest BCUT2D eigenvalue weighted by atomic mass is 9.72. The van der Waals surface area contributed by atoms with Gasteiger partial charge < -0.3 is 34.8 Å². The number of imidazole rings is 1. The van der Waals surface area contributed by atoms with E-state index in [1.54, 1.807) is 6.20 Å². The predicted octanol–water partition coefficient (Wildman–Crippen LogP) is 7.30. The van der Waals surface area contributed by atoms with Gasteiger partial charge in [-0.2, -0.15) is 0 Å².